The predicted octanol–water partition coefficient (Wildman–Crippen LogP) is 0.846. The van der Waals surface area contributed by atoms with Crippen LogP contribution in [0.1, 0.15) is 85.5 Å². The van der Waals surface area contributed by atoms with Crippen molar-refractivity contribution in [3.63, 3.8) is 0 Å². The number of aliphatic carboxylic acids is 1. The molecule has 0 spiro atoms. The van der Waals surface area contributed by atoms with E-state index in [0.29, 0.717) is 29.5 Å². The number of hydrogen-bond donors (Lipinski definition) is 0. The Kier molecular flexibility index (Phi) is 7.45. The molecule has 0 saturated heterocycles. The van der Waals surface area contributed by atoms with Crippen LogP contribution >= 0.6 is 0 Å². The zero-order chi connectivity index (χ0) is 22.6. The van der Waals surface area contributed by atoms with Gasteiger partial charge in [-0.3, -0.25) is 4.79 Å². The van der Waals surface area contributed by atoms with E-state index in [2.05, 4.69) is 13.8 Å². The number of ether oxygens (including phenoxy) is 1. The number of carboxylic acid groups (broad SMARTS) is 1. The van der Waals surface area contributed by atoms with Gasteiger partial charge < -0.3 is 14.6 Å². The van der Waals surface area contributed by atoms with Crippen molar-refractivity contribution < 1.29 is 53.8 Å². The number of rotatable bonds is 4. The summed E-state index contributed by atoms with van der Waals surface area (Å²) in [6, 6.07) is 0. The average molecular weight is 453 g/mol. The van der Waals surface area contributed by atoms with Crippen LogP contribution in [0.5, 0.6) is 0 Å². The third-order valence-electron chi connectivity index (χ3n) is 10.1. The zero-order valence-corrected chi connectivity index (χ0v) is 22.4. The molecule has 0 bridgehead atoms. The van der Waals surface area contributed by atoms with Crippen LogP contribution in [0.2, 0.25) is 0 Å². The Labute approximate surface area is 214 Å². The molecule has 8 atom stereocenters. The molecule has 32 heavy (non-hydrogen) atoms. The first-order valence-electron chi connectivity index (χ1n) is 12.1. The van der Waals surface area contributed by atoms with E-state index in [1.165, 1.54) is 19.3 Å². The van der Waals surface area contributed by atoms with Crippen molar-refractivity contribution in [2.24, 2.45) is 40.4 Å². The smallest absolute Gasteiger partial charge is 0.545 e. The predicted molar refractivity (Wildman–Crippen MR) is 115 cm³/mol. The maximum Gasteiger partial charge on any atom is 1.00 e. The monoisotopic (exact) mass is 452 g/mol. The normalized spacial score (nSPS) is 45.2. The zero-order valence-electron chi connectivity index (χ0n) is 20.4. The fraction of sp³-hybridized carbons (Fsp3) is 0.808. The van der Waals surface area contributed by atoms with Gasteiger partial charge in [-0.2, -0.15) is 0 Å². The summed E-state index contributed by atoms with van der Waals surface area (Å²) in [6.07, 6.45) is 11.4. The van der Waals surface area contributed by atoms with Crippen molar-refractivity contribution >= 4 is 17.7 Å². The summed E-state index contributed by atoms with van der Waals surface area (Å²) in [5, 5.41) is 10.6. The quantitative estimate of drug-likeness (QED) is 0.359. The minimum Gasteiger partial charge on any atom is -0.545 e. The van der Waals surface area contributed by atoms with Gasteiger partial charge in [0.05, 0.1) is 5.97 Å². The summed E-state index contributed by atoms with van der Waals surface area (Å²) in [6.45, 7) is 8.63. The molecule has 0 N–H and O–H groups in total. The summed E-state index contributed by atoms with van der Waals surface area (Å²) in [5.74, 6) is 1.21. The van der Waals surface area contributed by atoms with Gasteiger partial charge in [0, 0.05) is 12.0 Å². The van der Waals surface area contributed by atoms with Gasteiger partial charge in [-0.1, -0.05) is 13.8 Å². The molecule has 4 aliphatic carbocycles. The molecular weight excluding hydrogens is 415 g/mol. The van der Waals surface area contributed by atoms with Crippen LogP contribution in [0.4, 0.5) is 0 Å². The summed E-state index contributed by atoms with van der Waals surface area (Å²) < 4.78 is 5.73. The van der Waals surface area contributed by atoms with Crippen molar-refractivity contribution in [3.05, 3.63) is 12.2 Å². The maximum atomic E-state index is 12.3. The largest absolute Gasteiger partial charge is 1.00 e. The minimum absolute atomic E-state index is 0. The van der Waals surface area contributed by atoms with Crippen molar-refractivity contribution in [1.82, 2.24) is 0 Å². The molecule has 0 radical (unpaired) electrons. The number of fused-ring (bicyclic) bond motifs is 5. The number of carboxylic acids is 1. The third-order valence-corrected chi connectivity index (χ3v) is 10.1. The molecule has 0 aromatic carbocycles. The number of Topliss-reactive ketones (excluding diaryl/α,β-unsaturated/α-hetero) is 1. The van der Waals surface area contributed by atoms with Gasteiger partial charge in [0.2, 0.25) is 0 Å². The van der Waals surface area contributed by atoms with E-state index in [-0.39, 0.29) is 46.3 Å². The molecule has 0 aromatic rings. The molecule has 0 unspecified atom stereocenters. The summed E-state index contributed by atoms with van der Waals surface area (Å²) in [4.78, 5) is 35.0. The van der Waals surface area contributed by atoms with Crippen molar-refractivity contribution in [1.29, 1.82) is 0 Å². The van der Waals surface area contributed by atoms with Gasteiger partial charge in [-0.05, 0) is 112 Å². The van der Waals surface area contributed by atoms with Gasteiger partial charge in [0.25, 0.3) is 0 Å². The number of ketones is 1. The number of carbonyl (C=O) groups is 3. The Bertz CT molecular complexity index is 808. The Hall–Kier alpha value is -0.650. The molecule has 4 fully saturated rings. The van der Waals surface area contributed by atoms with Crippen molar-refractivity contribution in [2.45, 2.75) is 91.1 Å². The first kappa shape index (κ1) is 26.0. The van der Waals surface area contributed by atoms with Gasteiger partial charge in [0.1, 0.15) is 11.4 Å². The molecule has 0 heterocycles. The third kappa shape index (κ3) is 4.38. The van der Waals surface area contributed by atoms with Gasteiger partial charge in [-0.25, -0.2) is 4.79 Å². The minimum atomic E-state index is -1.39. The van der Waals surface area contributed by atoms with E-state index < -0.39 is 17.5 Å². The van der Waals surface area contributed by atoms with Crippen LogP contribution in [0.3, 0.4) is 0 Å². The first-order valence-corrected chi connectivity index (χ1v) is 12.1. The van der Waals surface area contributed by atoms with Crippen LogP contribution in [0, 0.1) is 40.4 Å². The van der Waals surface area contributed by atoms with E-state index in [4.69, 9.17) is 4.74 Å². The Morgan fingerprint density at radius 1 is 0.875 bits per heavy atom. The van der Waals surface area contributed by atoms with Crippen molar-refractivity contribution in [2.75, 3.05) is 0 Å². The molecule has 4 rings (SSSR count). The van der Waals surface area contributed by atoms with Crippen LogP contribution in [-0.2, 0) is 19.1 Å². The molecule has 5 nitrogen and oxygen atoms in total. The second-order valence-corrected chi connectivity index (χ2v) is 11.7. The van der Waals surface area contributed by atoms with Crippen LogP contribution in [-0.4, -0.2) is 23.3 Å². The Morgan fingerprint density at radius 3 is 2.22 bits per heavy atom. The van der Waals surface area contributed by atoms with Crippen LogP contribution in [0.25, 0.3) is 0 Å². The fourth-order valence-electron chi connectivity index (χ4n) is 8.59. The summed E-state index contributed by atoms with van der Waals surface area (Å²) in [5.41, 5.74) is -0.105. The van der Waals surface area contributed by atoms with E-state index in [0.717, 1.165) is 50.7 Å². The molecule has 172 valence electrons. The van der Waals surface area contributed by atoms with Crippen LogP contribution in [0.15, 0.2) is 12.2 Å². The summed E-state index contributed by atoms with van der Waals surface area (Å²) in [7, 11) is 0. The Balaban J connectivity index is 0.00000289. The topological polar surface area (TPSA) is 83.5 Å². The molecule has 4 aliphatic rings. The maximum absolute atomic E-state index is 12.3. The second-order valence-electron chi connectivity index (χ2n) is 11.7. The number of hydrogen-bond acceptors (Lipinski definition) is 5. The summed E-state index contributed by atoms with van der Waals surface area (Å²) >= 11 is 0. The SMILES string of the molecule is CC(=O)[C@H]1CC[C@H]2[C@@H]3CC[C@H]4C[C@](C)(OC(=O)/C=C\C(=O)[O-])CC[C@]4(C)[C@H]3CC[C@]12C.[Na+]. The van der Waals surface area contributed by atoms with E-state index in [1.807, 2.05) is 6.92 Å². The fourth-order valence-corrected chi connectivity index (χ4v) is 8.59. The molecule has 4 saturated carbocycles. The molecular formula is C26H37NaO5. The molecule has 0 aromatic heterocycles. The number of esters is 1. The Morgan fingerprint density at radius 2 is 1.56 bits per heavy atom. The molecule has 0 aliphatic heterocycles. The van der Waals surface area contributed by atoms with Crippen LogP contribution < -0.4 is 34.7 Å². The van der Waals surface area contributed by atoms with Gasteiger partial charge in [-0.15, -0.1) is 0 Å². The second kappa shape index (κ2) is 9.19. The molecule has 0 amide bonds. The van der Waals surface area contributed by atoms with E-state index in [1.54, 1.807) is 6.92 Å². The average Bonchev–Trinajstić information content (AvgIpc) is 3.04. The van der Waals surface area contributed by atoms with Gasteiger partial charge >= 0.3 is 35.5 Å². The van der Waals surface area contributed by atoms with E-state index >= 15 is 0 Å². The standard InChI is InChI=1S/C26H38O5.Na/c1-16(27)19-7-8-20-18-6-5-17-15-24(2,31-23(30)10-9-22(28)29)13-14-25(17,3)21(18)11-12-26(19,20)4;/h9-10,17-21H,5-8,11-15H2,1-4H3,(H,28,29);/q;+1/p-1/b10-9-;/t17-,18-,19+,20-,21-,24+,25-,26+;/m0./s1. The number of carbonyl (C=O) groups excluding carboxylic acids is 3. The molecule has 6 heteroatoms. The van der Waals surface area contributed by atoms with Gasteiger partial charge in [0.15, 0.2) is 0 Å². The first-order chi connectivity index (χ1) is 14.5. The van der Waals surface area contributed by atoms with E-state index in [9.17, 15) is 19.5 Å². The van der Waals surface area contributed by atoms with Crippen molar-refractivity contribution in [3.8, 4) is 0 Å².